The van der Waals surface area contributed by atoms with Gasteiger partial charge in [-0.05, 0) is 114 Å². The van der Waals surface area contributed by atoms with E-state index >= 15 is 0 Å². The minimum atomic E-state index is -0.00732. The fourth-order valence-electron chi connectivity index (χ4n) is 7.62. The largest absolute Gasteiger partial charge is 0.457 e. The van der Waals surface area contributed by atoms with Crippen molar-refractivity contribution < 1.29 is 4.74 Å². The molecule has 0 amide bonds. The molecule has 5 heteroatoms. The van der Waals surface area contributed by atoms with Crippen LogP contribution in [0.2, 0.25) is 0 Å². The number of hydrogen-bond donors (Lipinski definition) is 0. The topological polar surface area (TPSA) is 44.9 Å². The van der Waals surface area contributed by atoms with Gasteiger partial charge in [0.2, 0.25) is 0 Å². The second kappa shape index (κ2) is 13.1. The summed E-state index contributed by atoms with van der Waals surface area (Å²) in [7, 11) is 0. The molecule has 5 nitrogen and oxygen atoms in total. The molecule has 2 unspecified atom stereocenters. The number of pyridine rings is 1. The van der Waals surface area contributed by atoms with Crippen molar-refractivity contribution in [1.29, 1.82) is 0 Å². The summed E-state index contributed by atoms with van der Waals surface area (Å²) in [5.74, 6) is 3.38. The zero-order chi connectivity index (χ0) is 37.1. The van der Waals surface area contributed by atoms with Crippen molar-refractivity contribution in [2.45, 2.75) is 87.5 Å². The Morgan fingerprint density at radius 2 is 1.44 bits per heavy atom. The van der Waals surface area contributed by atoms with E-state index in [4.69, 9.17) is 14.8 Å². The van der Waals surface area contributed by atoms with Crippen LogP contribution in [0, 0.1) is 32.1 Å². The van der Waals surface area contributed by atoms with E-state index in [2.05, 4.69) is 172 Å². The molecule has 0 fully saturated rings. The lowest BCUT2D eigenvalue weighted by Gasteiger charge is -2.32. The van der Waals surface area contributed by atoms with Crippen molar-refractivity contribution in [3.63, 3.8) is 0 Å². The molecule has 0 N–H and O–H groups in total. The van der Waals surface area contributed by atoms with E-state index in [9.17, 15) is 0 Å². The maximum atomic E-state index is 6.71. The molecule has 0 aliphatic heterocycles. The summed E-state index contributed by atoms with van der Waals surface area (Å²) in [4.78, 5) is 4.94. The maximum absolute atomic E-state index is 6.71. The number of aryl methyl sites for hydroxylation is 2. The van der Waals surface area contributed by atoms with Gasteiger partial charge in [0.05, 0.1) is 22.4 Å². The predicted octanol–water partition coefficient (Wildman–Crippen LogP) is 12.8. The summed E-state index contributed by atoms with van der Waals surface area (Å²) < 4.78 is 11.0. The molecule has 52 heavy (non-hydrogen) atoms. The summed E-state index contributed by atoms with van der Waals surface area (Å²) in [6.07, 6.45) is 1.94. The first-order valence-electron chi connectivity index (χ1n) is 18.6. The third kappa shape index (κ3) is 6.53. The number of aromatic nitrogens is 4. The Bertz CT molecular complexity index is 2420. The van der Waals surface area contributed by atoms with Gasteiger partial charge in [-0.1, -0.05) is 91.8 Å². The Kier molecular flexibility index (Phi) is 8.89. The SMILES string of the molecule is Cc1cc(Oc2ccc3c4cc(C(C)C(C)C(C)(C)C)ccc4n(-c4cc(C(C)(C)C)ccn4)c3c2)cc(-n2nc(C)c(-c3ccccc3)c2C)c1. The number of nitrogens with zero attached hydrogens (tertiary/aromatic N) is 4. The minimum absolute atomic E-state index is 0.00732. The van der Waals surface area contributed by atoms with Gasteiger partial charge in [-0.15, -0.1) is 0 Å². The highest BCUT2D eigenvalue weighted by Crippen LogP contribution is 2.41. The molecule has 266 valence electrons. The number of benzene rings is 4. The number of ether oxygens (including phenoxy) is 1. The molecule has 0 bridgehead atoms. The average molecular weight is 689 g/mol. The van der Waals surface area contributed by atoms with Gasteiger partial charge in [0.15, 0.2) is 0 Å². The quantitative estimate of drug-likeness (QED) is 0.167. The van der Waals surface area contributed by atoms with Crippen LogP contribution >= 0.6 is 0 Å². The molecule has 4 aromatic carbocycles. The highest BCUT2D eigenvalue weighted by atomic mass is 16.5. The van der Waals surface area contributed by atoms with E-state index < -0.39 is 0 Å². The van der Waals surface area contributed by atoms with Gasteiger partial charge < -0.3 is 4.74 Å². The molecular formula is C47H52N4O. The second-order valence-electron chi connectivity index (χ2n) is 16.8. The van der Waals surface area contributed by atoms with Gasteiger partial charge in [-0.25, -0.2) is 9.67 Å². The molecule has 0 spiro atoms. The van der Waals surface area contributed by atoms with Gasteiger partial charge in [-0.2, -0.15) is 5.10 Å². The molecular weight excluding hydrogens is 637 g/mol. The normalized spacial score (nSPS) is 13.5. The van der Waals surface area contributed by atoms with Crippen LogP contribution in [0.25, 0.3) is 44.4 Å². The minimum Gasteiger partial charge on any atom is -0.457 e. The van der Waals surface area contributed by atoms with E-state index in [1.165, 1.54) is 27.5 Å². The first kappa shape index (κ1) is 35.3. The summed E-state index contributed by atoms with van der Waals surface area (Å²) in [5, 5.41) is 7.39. The molecule has 3 aromatic heterocycles. The van der Waals surface area contributed by atoms with Gasteiger partial charge in [0.25, 0.3) is 0 Å². The summed E-state index contributed by atoms with van der Waals surface area (Å²) >= 11 is 0. The van der Waals surface area contributed by atoms with Gasteiger partial charge in [0.1, 0.15) is 17.3 Å². The molecule has 0 aliphatic carbocycles. The Labute approximate surface area is 309 Å². The molecule has 0 saturated heterocycles. The van der Waals surface area contributed by atoms with E-state index in [0.29, 0.717) is 11.8 Å². The lowest BCUT2D eigenvalue weighted by Crippen LogP contribution is -2.22. The zero-order valence-electron chi connectivity index (χ0n) is 32.7. The van der Waals surface area contributed by atoms with Gasteiger partial charge in [0, 0.05) is 40.4 Å². The van der Waals surface area contributed by atoms with Crippen LogP contribution in [0.3, 0.4) is 0 Å². The van der Waals surface area contributed by atoms with Crippen LogP contribution in [0.15, 0.2) is 103 Å². The van der Waals surface area contributed by atoms with Crippen LogP contribution in [0.5, 0.6) is 11.5 Å². The summed E-state index contributed by atoms with van der Waals surface area (Å²) in [6.45, 7) is 24.8. The van der Waals surface area contributed by atoms with E-state index in [-0.39, 0.29) is 10.8 Å². The monoisotopic (exact) mass is 688 g/mol. The summed E-state index contributed by atoms with van der Waals surface area (Å²) in [5.41, 5.74) is 11.5. The Balaban J connectivity index is 1.34. The van der Waals surface area contributed by atoms with E-state index in [0.717, 1.165) is 56.6 Å². The fourth-order valence-corrected chi connectivity index (χ4v) is 7.62. The van der Waals surface area contributed by atoms with Crippen molar-refractivity contribution in [2.75, 3.05) is 0 Å². The Hall–Kier alpha value is -5.16. The predicted molar refractivity (Wildman–Crippen MR) is 218 cm³/mol. The van der Waals surface area contributed by atoms with Gasteiger partial charge >= 0.3 is 0 Å². The molecule has 7 rings (SSSR count). The smallest absolute Gasteiger partial charge is 0.137 e. The summed E-state index contributed by atoms with van der Waals surface area (Å²) in [6, 6.07) is 34.6. The maximum Gasteiger partial charge on any atom is 0.137 e. The van der Waals surface area contributed by atoms with Crippen LogP contribution in [0.1, 0.15) is 89.4 Å². The third-order valence-corrected chi connectivity index (χ3v) is 11.1. The number of rotatable bonds is 7. The fraction of sp³-hybridized carbons (Fsp3) is 0.319. The van der Waals surface area contributed by atoms with Gasteiger partial charge in [-0.3, -0.25) is 4.57 Å². The lowest BCUT2D eigenvalue weighted by molar-refractivity contribution is 0.228. The first-order chi connectivity index (χ1) is 24.6. The van der Waals surface area contributed by atoms with Crippen molar-refractivity contribution in [1.82, 2.24) is 19.3 Å². The average Bonchev–Trinajstić information content (AvgIpc) is 3.58. The molecule has 7 aromatic rings. The van der Waals surface area contributed by atoms with Crippen LogP contribution in [-0.2, 0) is 5.41 Å². The molecule has 3 heterocycles. The van der Waals surface area contributed by atoms with Crippen LogP contribution in [-0.4, -0.2) is 19.3 Å². The third-order valence-electron chi connectivity index (χ3n) is 11.1. The first-order valence-corrected chi connectivity index (χ1v) is 18.6. The standard InChI is InChI=1S/C47H52N4O/c1-29-23-37(51-33(5)45(32(4)49-51)34-15-13-12-14-16-34)27-39(24-29)52-38-18-19-40-41-25-35(30(2)31(3)46(6,7)8)17-20-42(41)50(43(40)28-38)44-26-36(21-22-48-44)47(9,10)11/h12-28,30-31H,1-11H3. The van der Waals surface area contributed by atoms with Crippen LogP contribution in [0.4, 0.5) is 0 Å². The molecule has 0 radical (unpaired) electrons. The van der Waals surface area contributed by atoms with Crippen LogP contribution < -0.4 is 4.74 Å². The molecule has 0 saturated carbocycles. The zero-order valence-corrected chi connectivity index (χ0v) is 32.7. The second-order valence-corrected chi connectivity index (χ2v) is 16.8. The van der Waals surface area contributed by atoms with Crippen molar-refractivity contribution in [3.8, 4) is 34.1 Å². The number of fused-ring (bicyclic) bond motifs is 3. The van der Waals surface area contributed by atoms with Crippen molar-refractivity contribution in [3.05, 3.63) is 131 Å². The van der Waals surface area contributed by atoms with Crippen molar-refractivity contribution in [2.24, 2.45) is 11.3 Å². The van der Waals surface area contributed by atoms with Crippen molar-refractivity contribution >= 4 is 21.8 Å². The molecule has 0 aliphatic rings. The lowest BCUT2D eigenvalue weighted by atomic mass is 9.72. The number of hydrogen-bond acceptors (Lipinski definition) is 3. The van der Waals surface area contributed by atoms with E-state index in [1.54, 1.807) is 0 Å². The van der Waals surface area contributed by atoms with E-state index in [1.807, 2.05) is 16.9 Å². The highest BCUT2D eigenvalue weighted by molar-refractivity contribution is 6.09. The highest BCUT2D eigenvalue weighted by Gasteiger charge is 2.27. The molecule has 2 atom stereocenters. The Morgan fingerprint density at radius 1 is 0.692 bits per heavy atom. The Morgan fingerprint density at radius 3 is 2.15 bits per heavy atom.